The summed E-state index contributed by atoms with van der Waals surface area (Å²) in [5.41, 5.74) is 0.401. The van der Waals surface area contributed by atoms with Gasteiger partial charge in [-0.25, -0.2) is 4.39 Å². The molecule has 0 bridgehead atoms. The summed E-state index contributed by atoms with van der Waals surface area (Å²) in [6.07, 6.45) is 1.96. The van der Waals surface area contributed by atoms with E-state index in [1.54, 1.807) is 17.8 Å². The number of hydrogen-bond donors (Lipinski definition) is 0. The Bertz CT molecular complexity index is 444. The number of ketones is 1. The highest BCUT2D eigenvalue weighted by Gasteiger charge is 2.17. The van der Waals surface area contributed by atoms with Crippen molar-refractivity contribution >= 4 is 17.5 Å². The molecule has 5 heteroatoms. The summed E-state index contributed by atoms with van der Waals surface area (Å²) in [6.45, 7) is 1.53. The van der Waals surface area contributed by atoms with Gasteiger partial charge in [0.1, 0.15) is 0 Å². The smallest absolute Gasteiger partial charge is 0.172 e. The molecule has 19 heavy (non-hydrogen) atoms. The number of methoxy groups -OCH3 is 1. The van der Waals surface area contributed by atoms with Crippen molar-refractivity contribution in [3.63, 3.8) is 0 Å². The Kier molecular flexibility index (Phi) is 5.22. The highest BCUT2D eigenvalue weighted by atomic mass is 32.2. The Balaban J connectivity index is 1.90. The maximum absolute atomic E-state index is 13.5. The van der Waals surface area contributed by atoms with Crippen molar-refractivity contribution in [1.29, 1.82) is 0 Å². The van der Waals surface area contributed by atoms with Crippen LogP contribution in [0, 0.1) is 5.82 Å². The lowest BCUT2D eigenvalue weighted by molar-refractivity contribution is 0.0988. The maximum Gasteiger partial charge on any atom is 0.172 e. The third kappa shape index (κ3) is 3.94. The summed E-state index contributed by atoms with van der Waals surface area (Å²) >= 11 is 1.63. The van der Waals surface area contributed by atoms with Crippen LogP contribution in [0.3, 0.4) is 0 Å². The molecule has 0 radical (unpaired) electrons. The van der Waals surface area contributed by atoms with Crippen LogP contribution in [-0.2, 0) is 4.74 Å². The number of Topliss-reactive ketones (excluding diaryl/α,β-unsaturated/α-hetero) is 1. The topological polar surface area (TPSA) is 35.5 Å². The molecule has 2 rings (SSSR count). The third-order valence-electron chi connectivity index (χ3n) is 3.09. The molecular weight excluding hydrogens is 267 g/mol. The maximum atomic E-state index is 13.5. The Morgan fingerprint density at radius 3 is 2.84 bits per heavy atom. The molecule has 0 atom stereocenters. The van der Waals surface area contributed by atoms with Gasteiger partial charge in [0.05, 0.1) is 12.9 Å². The lowest BCUT2D eigenvalue weighted by atomic mass is 10.1. The number of halogens is 1. The molecule has 0 amide bonds. The highest BCUT2D eigenvalue weighted by Crippen LogP contribution is 2.24. The van der Waals surface area contributed by atoms with Crippen molar-refractivity contribution in [3.05, 3.63) is 29.6 Å². The van der Waals surface area contributed by atoms with E-state index in [4.69, 9.17) is 9.47 Å². The van der Waals surface area contributed by atoms with Crippen molar-refractivity contribution in [2.24, 2.45) is 0 Å². The van der Waals surface area contributed by atoms with Gasteiger partial charge < -0.3 is 9.47 Å². The van der Waals surface area contributed by atoms with E-state index < -0.39 is 5.82 Å². The fraction of sp³-hybridized carbons (Fsp3) is 0.500. The van der Waals surface area contributed by atoms with E-state index >= 15 is 0 Å². The second-order valence-corrected chi connectivity index (χ2v) is 5.68. The summed E-state index contributed by atoms with van der Waals surface area (Å²) in [5.74, 6) is 0.00674. The predicted octanol–water partition coefficient (Wildman–Crippen LogP) is 2.93. The lowest BCUT2D eigenvalue weighted by Gasteiger charge is -2.21. The van der Waals surface area contributed by atoms with Gasteiger partial charge in [0.15, 0.2) is 17.3 Å². The second-order valence-electron chi connectivity index (χ2n) is 4.40. The molecule has 0 saturated carbocycles. The fourth-order valence-electron chi connectivity index (χ4n) is 1.96. The molecule has 1 saturated heterocycles. The first-order chi connectivity index (χ1) is 9.20. The fourth-order valence-corrected chi connectivity index (χ4v) is 3.04. The van der Waals surface area contributed by atoms with E-state index in [1.807, 2.05) is 0 Å². The molecule has 3 nitrogen and oxygen atoms in total. The molecule has 1 aromatic rings. The average Bonchev–Trinajstić information content (AvgIpc) is 2.45. The monoisotopic (exact) mass is 284 g/mol. The van der Waals surface area contributed by atoms with Gasteiger partial charge in [-0.05, 0) is 31.0 Å². The molecule has 1 aromatic carbocycles. The summed E-state index contributed by atoms with van der Waals surface area (Å²) in [6, 6.07) is 4.34. The van der Waals surface area contributed by atoms with E-state index in [0.29, 0.717) is 16.6 Å². The summed E-state index contributed by atoms with van der Waals surface area (Å²) in [5, 5.41) is 0.473. The molecule has 1 aliphatic heterocycles. The van der Waals surface area contributed by atoms with E-state index in [-0.39, 0.29) is 11.5 Å². The quantitative estimate of drug-likeness (QED) is 0.779. The number of thioether (sulfide) groups is 1. The summed E-state index contributed by atoms with van der Waals surface area (Å²) in [4.78, 5) is 12.0. The highest BCUT2D eigenvalue weighted by molar-refractivity contribution is 8.00. The predicted molar refractivity (Wildman–Crippen MR) is 73.6 cm³/mol. The molecule has 104 valence electrons. The lowest BCUT2D eigenvalue weighted by Crippen LogP contribution is -2.19. The minimum absolute atomic E-state index is 0.0435. The number of rotatable bonds is 5. The van der Waals surface area contributed by atoms with E-state index in [2.05, 4.69) is 0 Å². The molecular formula is C14H17FO3S. The zero-order chi connectivity index (χ0) is 13.7. The number of carbonyl (C=O) groups is 1. The number of benzene rings is 1. The molecule has 1 fully saturated rings. The second kappa shape index (κ2) is 6.91. The first-order valence-corrected chi connectivity index (χ1v) is 7.31. The number of hydrogen-bond acceptors (Lipinski definition) is 4. The Morgan fingerprint density at radius 1 is 1.47 bits per heavy atom. The van der Waals surface area contributed by atoms with Crippen LogP contribution in [0.15, 0.2) is 18.2 Å². The molecule has 1 heterocycles. The standard InChI is InChI=1S/C14H17FO3S/c1-17-14-3-2-10(8-12(14)15)13(16)9-19-11-4-6-18-7-5-11/h2-3,8,11H,4-7,9H2,1H3. The number of ether oxygens (including phenoxy) is 2. The van der Waals surface area contributed by atoms with Crippen LogP contribution in [0.25, 0.3) is 0 Å². The summed E-state index contributed by atoms with van der Waals surface area (Å²) in [7, 11) is 1.40. The molecule has 0 N–H and O–H groups in total. The zero-order valence-electron chi connectivity index (χ0n) is 10.9. The largest absolute Gasteiger partial charge is 0.494 e. The normalized spacial score (nSPS) is 16.3. The van der Waals surface area contributed by atoms with Gasteiger partial charge in [0, 0.05) is 24.0 Å². The Morgan fingerprint density at radius 2 is 2.21 bits per heavy atom. The van der Waals surface area contributed by atoms with Crippen LogP contribution in [0.1, 0.15) is 23.2 Å². The summed E-state index contributed by atoms with van der Waals surface area (Å²) < 4.78 is 23.6. The van der Waals surface area contributed by atoms with Gasteiger partial charge in [0.2, 0.25) is 0 Å². The molecule has 0 aromatic heterocycles. The van der Waals surface area contributed by atoms with Crippen LogP contribution in [0.5, 0.6) is 5.75 Å². The van der Waals surface area contributed by atoms with Gasteiger partial charge >= 0.3 is 0 Å². The first-order valence-electron chi connectivity index (χ1n) is 6.27. The molecule has 0 spiro atoms. The van der Waals surface area contributed by atoms with Gasteiger partial charge in [-0.1, -0.05) is 0 Å². The SMILES string of the molecule is COc1ccc(C(=O)CSC2CCOCC2)cc1F. The van der Waals surface area contributed by atoms with Gasteiger partial charge in [-0.3, -0.25) is 4.79 Å². The van der Waals surface area contributed by atoms with Crippen LogP contribution >= 0.6 is 11.8 Å². The van der Waals surface area contributed by atoms with Gasteiger partial charge in [0.25, 0.3) is 0 Å². The number of carbonyl (C=O) groups excluding carboxylic acids is 1. The first kappa shape index (κ1) is 14.3. The zero-order valence-corrected chi connectivity index (χ0v) is 11.7. The van der Waals surface area contributed by atoms with Crippen molar-refractivity contribution in [3.8, 4) is 5.75 Å². The van der Waals surface area contributed by atoms with Crippen LogP contribution in [0.2, 0.25) is 0 Å². The van der Waals surface area contributed by atoms with E-state index in [9.17, 15) is 9.18 Å². The van der Waals surface area contributed by atoms with Crippen molar-refractivity contribution in [2.75, 3.05) is 26.1 Å². The minimum atomic E-state index is -0.496. The van der Waals surface area contributed by atoms with Gasteiger partial charge in [-0.15, -0.1) is 0 Å². The molecule has 1 aliphatic rings. The van der Waals surface area contributed by atoms with Crippen molar-refractivity contribution < 1.29 is 18.7 Å². The van der Waals surface area contributed by atoms with Crippen molar-refractivity contribution in [2.45, 2.75) is 18.1 Å². The third-order valence-corrected chi connectivity index (χ3v) is 4.46. The van der Waals surface area contributed by atoms with Crippen LogP contribution < -0.4 is 4.74 Å². The Labute approximate surface area is 116 Å². The van der Waals surface area contributed by atoms with Gasteiger partial charge in [-0.2, -0.15) is 11.8 Å². The van der Waals surface area contributed by atoms with E-state index in [1.165, 1.54) is 19.2 Å². The molecule has 0 aliphatic carbocycles. The minimum Gasteiger partial charge on any atom is -0.494 e. The Hall–Kier alpha value is -1.07. The average molecular weight is 284 g/mol. The molecule has 0 unspecified atom stereocenters. The van der Waals surface area contributed by atoms with E-state index in [0.717, 1.165) is 26.1 Å². The van der Waals surface area contributed by atoms with Crippen molar-refractivity contribution in [1.82, 2.24) is 0 Å². The van der Waals surface area contributed by atoms with Crippen LogP contribution in [0.4, 0.5) is 4.39 Å². The van der Waals surface area contributed by atoms with Crippen LogP contribution in [-0.4, -0.2) is 37.1 Å².